The van der Waals surface area contributed by atoms with Crippen LogP contribution in [-0.2, 0) is 14.8 Å². The zero-order valence-electron chi connectivity index (χ0n) is 17.4. The van der Waals surface area contributed by atoms with Gasteiger partial charge in [0.15, 0.2) is 0 Å². The first-order chi connectivity index (χ1) is 15.3. The Kier molecular flexibility index (Phi) is 7.40. The fraction of sp³-hybridized carbons (Fsp3) is 0.190. The summed E-state index contributed by atoms with van der Waals surface area (Å²) in [6.45, 7) is 3.72. The predicted molar refractivity (Wildman–Crippen MR) is 122 cm³/mol. The number of nitrogens with zero attached hydrogens (tertiary/aromatic N) is 4. The van der Waals surface area contributed by atoms with Crippen molar-refractivity contribution >= 4 is 39.3 Å². The van der Waals surface area contributed by atoms with Gasteiger partial charge in [0.2, 0.25) is 11.9 Å². The van der Waals surface area contributed by atoms with E-state index in [1.54, 1.807) is 6.07 Å². The number of aryl methyl sites for hydroxylation is 2. The summed E-state index contributed by atoms with van der Waals surface area (Å²) < 4.78 is 27.1. The molecule has 0 aliphatic rings. The van der Waals surface area contributed by atoms with E-state index in [-0.39, 0.29) is 23.2 Å². The zero-order chi connectivity index (χ0) is 23.1. The second-order valence-corrected chi connectivity index (χ2v) is 9.49. The standard InChI is InChI=1S/C21H20N6O3S2/c1-14-12-15(2)25-20(18(14)13-22)31-11-8-19(28)26-16-4-6-17(7-5-16)32(29,30)27-21-23-9-3-10-24-21/h3-7,9-10,12H,8,11H2,1-2H3,(H,26,28)(H,23,24,27). The maximum absolute atomic E-state index is 12.4. The summed E-state index contributed by atoms with van der Waals surface area (Å²) in [4.78, 5) is 24.3. The number of carbonyl (C=O) groups excluding carboxylic acids is 1. The number of nitrogens with one attached hydrogen (secondary N) is 2. The number of anilines is 2. The van der Waals surface area contributed by atoms with Gasteiger partial charge in [0, 0.05) is 35.9 Å². The van der Waals surface area contributed by atoms with Crippen molar-refractivity contribution in [1.29, 1.82) is 5.26 Å². The van der Waals surface area contributed by atoms with Crippen molar-refractivity contribution < 1.29 is 13.2 Å². The molecule has 164 valence electrons. The molecule has 2 N–H and O–H groups in total. The number of rotatable bonds is 8. The first-order valence-electron chi connectivity index (χ1n) is 9.49. The average molecular weight is 469 g/mol. The van der Waals surface area contributed by atoms with E-state index < -0.39 is 10.0 Å². The van der Waals surface area contributed by atoms with Crippen molar-refractivity contribution in [3.05, 3.63) is 65.6 Å². The van der Waals surface area contributed by atoms with Crippen LogP contribution in [0.3, 0.4) is 0 Å². The van der Waals surface area contributed by atoms with Crippen molar-refractivity contribution in [2.75, 3.05) is 15.8 Å². The van der Waals surface area contributed by atoms with Crippen molar-refractivity contribution in [2.45, 2.75) is 30.2 Å². The summed E-state index contributed by atoms with van der Waals surface area (Å²) in [5, 5.41) is 12.7. The molecule has 0 saturated heterocycles. The van der Waals surface area contributed by atoms with Gasteiger partial charge in [-0.15, -0.1) is 11.8 Å². The van der Waals surface area contributed by atoms with Crippen LogP contribution in [0.1, 0.15) is 23.2 Å². The third-order valence-corrected chi connectivity index (χ3v) is 6.55. The summed E-state index contributed by atoms with van der Waals surface area (Å²) in [5.41, 5.74) is 2.66. The molecule has 1 aromatic carbocycles. The van der Waals surface area contributed by atoms with E-state index in [4.69, 9.17) is 0 Å². The Morgan fingerprint density at radius 3 is 2.50 bits per heavy atom. The van der Waals surface area contributed by atoms with Gasteiger partial charge in [-0.1, -0.05) is 0 Å². The molecular formula is C21H20N6O3S2. The molecule has 0 atom stereocenters. The maximum Gasteiger partial charge on any atom is 0.264 e. The van der Waals surface area contributed by atoms with Crippen LogP contribution in [0.4, 0.5) is 11.6 Å². The maximum atomic E-state index is 12.4. The van der Waals surface area contributed by atoms with Crippen LogP contribution in [-0.4, -0.2) is 35.0 Å². The van der Waals surface area contributed by atoms with Crippen LogP contribution in [0.2, 0.25) is 0 Å². The number of pyridine rings is 1. The van der Waals surface area contributed by atoms with Crippen LogP contribution in [0.5, 0.6) is 0 Å². The molecule has 32 heavy (non-hydrogen) atoms. The lowest BCUT2D eigenvalue weighted by atomic mass is 10.1. The number of amides is 1. The minimum atomic E-state index is -3.84. The Bertz CT molecular complexity index is 1260. The SMILES string of the molecule is Cc1cc(C)c(C#N)c(SCCC(=O)Nc2ccc(S(=O)(=O)Nc3ncccn3)cc2)n1. The highest BCUT2D eigenvalue weighted by Crippen LogP contribution is 2.24. The molecule has 9 nitrogen and oxygen atoms in total. The summed E-state index contributed by atoms with van der Waals surface area (Å²) in [6, 6.07) is 11.4. The molecule has 0 fully saturated rings. The molecule has 0 radical (unpaired) electrons. The summed E-state index contributed by atoms with van der Waals surface area (Å²) >= 11 is 1.35. The summed E-state index contributed by atoms with van der Waals surface area (Å²) in [6.07, 6.45) is 3.06. The lowest BCUT2D eigenvalue weighted by molar-refractivity contribution is -0.115. The number of nitriles is 1. The van der Waals surface area contributed by atoms with Crippen LogP contribution >= 0.6 is 11.8 Å². The highest BCUT2D eigenvalue weighted by atomic mass is 32.2. The Labute approximate surface area is 190 Å². The van der Waals surface area contributed by atoms with Gasteiger partial charge in [-0.05, 0) is 55.8 Å². The van der Waals surface area contributed by atoms with Crippen molar-refractivity contribution in [3.63, 3.8) is 0 Å². The van der Waals surface area contributed by atoms with E-state index in [1.165, 1.54) is 48.4 Å². The predicted octanol–water partition coefficient (Wildman–Crippen LogP) is 3.28. The number of hydrogen-bond acceptors (Lipinski definition) is 8. The van der Waals surface area contributed by atoms with E-state index in [1.807, 2.05) is 19.9 Å². The summed E-state index contributed by atoms with van der Waals surface area (Å²) in [5.74, 6) is 0.191. The fourth-order valence-corrected chi connectivity index (χ4v) is 4.75. The second-order valence-electron chi connectivity index (χ2n) is 6.72. The van der Waals surface area contributed by atoms with Crippen molar-refractivity contribution in [2.24, 2.45) is 0 Å². The highest BCUT2D eigenvalue weighted by molar-refractivity contribution is 7.99. The third-order valence-electron chi connectivity index (χ3n) is 4.23. The normalized spacial score (nSPS) is 10.9. The van der Waals surface area contributed by atoms with Gasteiger partial charge < -0.3 is 5.32 Å². The topological polar surface area (TPSA) is 138 Å². The lowest BCUT2D eigenvalue weighted by Gasteiger charge is -2.09. The first kappa shape index (κ1) is 23.2. The molecule has 0 spiro atoms. The monoisotopic (exact) mass is 468 g/mol. The largest absolute Gasteiger partial charge is 0.326 e. The van der Waals surface area contributed by atoms with Gasteiger partial charge in [-0.25, -0.2) is 28.1 Å². The first-order valence-corrected chi connectivity index (χ1v) is 12.0. The van der Waals surface area contributed by atoms with Crippen molar-refractivity contribution in [1.82, 2.24) is 15.0 Å². The zero-order valence-corrected chi connectivity index (χ0v) is 19.0. The van der Waals surface area contributed by atoms with Crippen LogP contribution in [0, 0.1) is 25.2 Å². The van der Waals surface area contributed by atoms with Gasteiger partial charge >= 0.3 is 0 Å². The number of aromatic nitrogens is 3. The molecule has 11 heteroatoms. The van der Waals surface area contributed by atoms with E-state index in [2.05, 4.69) is 31.1 Å². The fourth-order valence-electron chi connectivity index (χ4n) is 2.76. The van der Waals surface area contributed by atoms with E-state index in [9.17, 15) is 18.5 Å². The molecule has 0 aliphatic heterocycles. The van der Waals surface area contributed by atoms with Gasteiger partial charge in [0.05, 0.1) is 10.5 Å². The van der Waals surface area contributed by atoms with E-state index in [0.717, 1.165) is 11.3 Å². The molecule has 0 aliphatic carbocycles. The molecule has 0 unspecified atom stereocenters. The Hall–Kier alpha value is -3.49. The van der Waals surface area contributed by atoms with Crippen LogP contribution in [0.25, 0.3) is 0 Å². The van der Waals surface area contributed by atoms with Gasteiger partial charge in [0.25, 0.3) is 10.0 Å². The average Bonchev–Trinajstić information content (AvgIpc) is 2.74. The quantitative estimate of drug-likeness (QED) is 0.480. The number of hydrogen-bond donors (Lipinski definition) is 2. The van der Waals surface area contributed by atoms with E-state index in [0.29, 0.717) is 22.0 Å². The van der Waals surface area contributed by atoms with Crippen LogP contribution in [0.15, 0.2) is 58.7 Å². The minimum Gasteiger partial charge on any atom is -0.326 e. The van der Waals surface area contributed by atoms with Gasteiger partial charge in [-0.2, -0.15) is 5.26 Å². The van der Waals surface area contributed by atoms with E-state index >= 15 is 0 Å². The Balaban J connectivity index is 1.56. The molecule has 3 rings (SSSR count). The Morgan fingerprint density at radius 1 is 1.16 bits per heavy atom. The molecular weight excluding hydrogens is 448 g/mol. The van der Waals surface area contributed by atoms with Gasteiger partial charge in [-0.3, -0.25) is 4.79 Å². The minimum absolute atomic E-state index is 0.0171. The second kappa shape index (κ2) is 10.2. The molecule has 0 bridgehead atoms. The molecule has 2 aromatic heterocycles. The summed E-state index contributed by atoms with van der Waals surface area (Å²) in [7, 11) is -3.84. The number of sulfonamides is 1. The Morgan fingerprint density at radius 2 is 1.84 bits per heavy atom. The highest BCUT2D eigenvalue weighted by Gasteiger charge is 2.16. The third kappa shape index (κ3) is 6.03. The smallest absolute Gasteiger partial charge is 0.264 e. The molecule has 3 aromatic rings. The molecule has 0 saturated carbocycles. The number of carbonyl (C=O) groups is 1. The lowest BCUT2D eigenvalue weighted by Crippen LogP contribution is -2.15. The number of benzene rings is 1. The molecule has 1 amide bonds. The van der Waals surface area contributed by atoms with Crippen molar-refractivity contribution in [3.8, 4) is 6.07 Å². The molecule has 2 heterocycles. The van der Waals surface area contributed by atoms with Crippen LogP contribution < -0.4 is 10.0 Å². The number of thioether (sulfide) groups is 1. The van der Waals surface area contributed by atoms with Gasteiger partial charge in [0.1, 0.15) is 11.1 Å².